The van der Waals surface area contributed by atoms with Crippen molar-refractivity contribution >= 4 is 11.4 Å². The molecule has 0 atom stereocenters. The fraction of sp³-hybridized carbons (Fsp3) is 0. The van der Waals surface area contributed by atoms with Crippen molar-refractivity contribution in [3.8, 4) is 11.1 Å². The fourth-order valence-electron chi connectivity index (χ4n) is 1.87. The maximum Gasteiger partial charge on any atom is 0.0629 e. The summed E-state index contributed by atoms with van der Waals surface area (Å²) >= 11 is 0. The molecule has 0 amide bonds. The number of para-hydroxylation sites is 2. The Balaban J connectivity index is 2.18. The highest BCUT2D eigenvalue weighted by atomic mass is 14.9. The zero-order chi connectivity index (χ0) is 17.3. The molecule has 0 spiro atoms. The van der Waals surface area contributed by atoms with Gasteiger partial charge in [0.2, 0.25) is 0 Å². The molecule has 0 bridgehead atoms. The van der Waals surface area contributed by atoms with E-state index in [1.54, 1.807) is 12.1 Å². The second kappa shape index (κ2) is 5.40. The molecule has 1 nitrogen and oxygen atoms in total. The topological polar surface area (TPSA) is 12.0 Å². The third kappa shape index (κ3) is 2.66. The SMILES string of the molecule is [2H]c1c([2H])c([2H])c(-c2ccccc2Nc2ccccc2)c([2H])c1[2H]. The lowest BCUT2D eigenvalue weighted by Gasteiger charge is -2.12. The van der Waals surface area contributed by atoms with E-state index in [4.69, 9.17) is 6.85 Å². The monoisotopic (exact) mass is 250 g/mol. The van der Waals surface area contributed by atoms with E-state index in [1.807, 2.05) is 42.5 Å². The number of nitrogens with one attached hydrogen (secondary N) is 1. The number of rotatable bonds is 3. The van der Waals surface area contributed by atoms with E-state index in [0.717, 1.165) is 5.69 Å². The third-order valence-corrected chi connectivity index (χ3v) is 2.75. The summed E-state index contributed by atoms with van der Waals surface area (Å²) in [7, 11) is 0. The molecule has 0 saturated carbocycles. The Morgan fingerprint density at radius 3 is 2.21 bits per heavy atom. The van der Waals surface area contributed by atoms with Crippen molar-refractivity contribution in [2.75, 3.05) is 5.32 Å². The molecule has 0 heterocycles. The lowest BCUT2D eigenvalue weighted by molar-refractivity contribution is 1.53. The van der Waals surface area contributed by atoms with Crippen molar-refractivity contribution in [2.24, 2.45) is 0 Å². The second-order valence-electron chi connectivity index (χ2n) is 4.04. The predicted molar refractivity (Wildman–Crippen MR) is 81.6 cm³/mol. The van der Waals surface area contributed by atoms with Crippen molar-refractivity contribution < 1.29 is 6.85 Å². The van der Waals surface area contributed by atoms with Crippen LogP contribution >= 0.6 is 0 Å². The van der Waals surface area contributed by atoms with Gasteiger partial charge in [0, 0.05) is 16.9 Å². The van der Waals surface area contributed by atoms with Crippen LogP contribution in [0.3, 0.4) is 0 Å². The molecular formula is C18H15N. The molecule has 0 radical (unpaired) electrons. The quantitative estimate of drug-likeness (QED) is 0.682. The highest BCUT2D eigenvalue weighted by Crippen LogP contribution is 2.29. The minimum Gasteiger partial charge on any atom is -0.355 e. The first-order valence-electron chi connectivity index (χ1n) is 8.49. The molecule has 0 aliphatic heterocycles. The van der Waals surface area contributed by atoms with Gasteiger partial charge in [-0.3, -0.25) is 0 Å². The summed E-state index contributed by atoms with van der Waals surface area (Å²) in [6, 6.07) is 15.2. The number of hydrogen-bond acceptors (Lipinski definition) is 1. The maximum absolute atomic E-state index is 8.15. The van der Waals surface area contributed by atoms with Gasteiger partial charge in [0.1, 0.15) is 0 Å². The van der Waals surface area contributed by atoms with Crippen LogP contribution in [0.5, 0.6) is 0 Å². The first-order chi connectivity index (χ1) is 11.5. The van der Waals surface area contributed by atoms with Crippen LogP contribution in [0.15, 0.2) is 84.8 Å². The zero-order valence-corrected chi connectivity index (χ0v) is 10.2. The first kappa shape index (κ1) is 7.15. The summed E-state index contributed by atoms with van der Waals surface area (Å²) in [5, 5.41) is 3.24. The van der Waals surface area contributed by atoms with E-state index in [9.17, 15) is 0 Å². The maximum atomic E-state index is 8.15. The predicted octanol–water partition coefficient (Wildman–Crippen LogP) is 5.10. The van der Waals surface area contributed by atoms with E-state index in [0.29, 0.717) is 11.3 Å². The largest absolute Gasteiger partial charge is 0.355 e. The Hall–Kier alpha value is -2.54. The molecular weight excluding hydrogens is 230 g/mol. The average Bonchev–Trinajstić information content (AvgIpc) is 2.61. The molecule has 0 fully saturated rings. The normalized spacial score (nSPS) is 13.8. The standard InChI is InChI=1S/C18H15N/c1-3-9-15(10-4-1)17-13-7-8-14-18(17)19-16-11-5-2-6-12-16/h1-14,19H/i1D,3D,4D,9D,10D. The van der Waals surface area contributed by atoms with Crippen molar-refractivity contribution in [1.29, 1.82) is 0 Å². The molecule has 0 aromatic heterocycles. The van der Waals surface area contributed by atoms with Crippen molar-refractivity contribution in [1.82, 2.24) is 0 Å². The van der Waals surface area contributed by atoms with Crippen LogP contribution in [0.25, 0.3) is 11.1 Å². The molecule has 0 saturated heterocycles. The number of hydrogen-bond donors (Lipinski definition) is 1. The number of benzene rings is 3. The van der Waals surface area contributed by atoms with Gasteiger partial charge in [0.15, 0.2) is 0 Å². The van der Waals surface area contributed by atoms with Crippen LogP contribution in [0.4, 0.5) is 11.4 Å². The molecule has 1 heteroatoms. The van der Waals surface area contributed by atoms with E-state index < -0.39 is 0 Å². The number of anilines is 2. The van der Waals surface area contributed by atoms with Gasteiger partial charge in [0.25, 0.3) is 0 Å². The Morgan fingerprint density at radius 1 is 0.737 bits per heavy atom. The highest BCUT2D eigenvalue weighted by Gasteiger charge is 2.03. The fourth-order valence-corrected chi connectivity index (χ4v) is 1.87. The summed E-state index contributed by atoms with van der Waals surface area (Å²) in [6.45, 7) is 0. The first-order valence-corrected chi connectivity index (χ1v) is 5.99. The van der Waals surface area contributed by atoms with Crippen LogP contribution in [0.2, 0.25) is 0 Å². The van der Waals surface area contributed by atoms with Crippen LogP contribution < -0.4 is 5.32 Å². The summed E-state index contributed by atoms with van der Waals surface area (Å²) < 4.78 is 39.7. The zero-order valence-electron chi connectivity index (χ0n) is 15.2. The summed E-state index contributed by atoms with van der Waals surface area (Å²) in [5.41, 5.74) is 2.30. The summed E-state index contributed by atoms with van der Waals surface area (Å²) in [4.78, 5) is 0. The summed E-state index contributed by atoms with van der Waals surface area (Å²) in [5.74, 6) is 0. The Kier molecular flexibility index (Phi) is 2.03. The van der Waals surface area contributed by atoms with Gasteiger partial charge < -0.3 is 5.32 Å². The molecule has 19 heavy (non-hydrogen) atoms. The lowest BCUT2D eigenvalue weighted by Crippen LogP contribution is -1.92. The van der Waals surface area contributed by atoms with Crippen molar-refractivity contribution in [3.63, 3.8) is 0 Å². The van der Waals surface area contributed by atoms with Gasteiger partial charge in [-0.25, -0.2) is 0 Å². The van der Waals surface area contributed by atoms with Crippen LogP contribution in [0.1, 0.15) is 6.85 Å². The summed E-state index contributed by atoms with van der Waals surface area (Å²) in [6.07, 6.45) is 0. The second-order valence-corrected chi connectivity index (χ2v) is 4.04. The smallest absolute Gasteiger partial charge is 0.0629 e. The Morgan fingerprint density at radius 2 is 1.42 bits per heavy atom. The Labute approximate surface area is 120 Å². The van der Waals surface area contributed by atoms with E-state index in [1.165, 1.54) is 0 Å². The van der Waals surface area contributed by atoms with E-state index in [-0.39, 0.29) is 35.8 Å². The molecule has 3 rings (SSSR count). The van der Waals surface area contributed by atoms with Gasteiger partial charge in [-0.1, -0.05) is 66.6 Å². The minimum atomic E-state index is -0.387. The lowest BCUT2D eigenvalue weighted by atomic mass is 10.0. The van der Waals surface area contributed by atoms with Gasteiger partial charge in [-0.15, -0.1) is 0 Å². The Bertz CT molecular complexity index is 864. The average molecular weight is 250 g/mol. The van der Waals surface area contributed by atoms with Gasteiger partial charge >= 0.3 is 0 Å². The third-order valence-electron chi connectivity index (χ3n) is 2.75. The van der Waals surface area contributed by atoms with Gasteiger partial charge in [0.05, 0.1) is 6.85 Å². The molecule has 0 aliphatic rings. The van der Waals surface area contributed by atoms with Gasteiger partial charge in [-0.05, 0) is 23.8 Å². The van der Waals surface area contributed by atoms with Crippen LogP contribution in [-0.2, 0) is 0 Å². The molecule has 0 unspecified atom stereocenters. The van der Waals surface area contributed by atoms with E-state index in [2.05, 4.69) is 5.32 Å². The minimum absolute atomic E-state index is 0.194. The molecule has 0 aliphatic carbocycles. The molecule has 1 N–H and O–H groups in total. The molecule has 92 valence electrons. The van der Waals surface area contributed by atoms with Crippen LogP contribution in [-0.4, -0.2) is 0 Å². The molecule has 3 aromatic carbocycles. The van der Waals surface area contributed by atoms with Crippen LogP contribution in [0, 0.1) is 0 Å². The van der Waals surface area contributed by atoms with Crippen molar-refractivity contribution in [2.45, 2.75) is 0 Å². The molecule has 3 aromatic rings. The van der Waals surface area contributed by atoms with Crippen molar-refractivity contribution in [3.05, 3.63) is 84.8 Å². The van der Waals surface area contributed by atoms with Gasteiger partial charge in [-0.2, -0.15) is 0 Å². The highest BCUT2D eigenvalue weighted by molar-refractivity contribution is 5.80. The van der Waals surface area contributed by atoms with E-state index >= 15 is 0 Å².